The second kappa shape index (κ2) is 5.97. The highest BCUT2D eigenvalue weighted by molar-refractivity contribution is 7.99. The van der Waals surface area contributed by atoms with E-state index in [9.17, 15) is 9.59 Å². The molecule has 0 aliphatic heterocycles. The summed E-state index contributed by atoms with van der Waals surface area (Å²) in [6.07, 6.45) is 0. The van der Waals surface area contributed by atoms with Gasteiger partial charge in [0.2, 0.25) is 0 Å². The molecule has 1 aromatic carbocycles. The standard InChI is InChI=1S/C14H15ClN2O2S/c1-8(2)17-13(19)11-5-4-10(15)6-12(11)16-14(17)20-7-9(3)18/h4-6,8H,7H2,1-3H3. The van der Waals surface area contributed by atoms with Crippen LogP contribution < -0.4 is 5.56 Å². The lowest BCUT2D eigenvalue weighted by Crippen LogP contribution is -2.25. The predicted octanol–water partition coefficient (Wildman–Crippen LogP) is 3.31. The first kappa shape index (κ1) is 15.1. The van der Waals surface area contributed by atoms with Gasteiger partial charge in [0.15, 0.2) is 5.16 Å². The van der Waals surface area contributed by atoms with E-state index in [4.69, 9.17) is 11.6 Å². The van der Waals surface area contributed by atoms with E-state index in [0.717, 1.165) is 0 Å². The molecule has 0 N–H and O–H groups in total. The fourth-order valence-electron chi connectivity index (χ4n) is 1.88. The zero-order chi connectivity index (χ0) is 14.9. The number of ketones is 1. The number of hydrogen-bond donors (Lipinski definition) is 0. The number of halogens is 1. The number of carbonyl (C=O) groups excluding carboxylic acids is 1. The van der Waals surface area contributed by atoms with Crippen molar-refractivity contribution in [1.82, 2.24) is 9.55 Å². The van der Waals surface area contributed by atoms with Crippen molar-refractivity contribution < 1.29 is 4.79 Å². The van der Waals surface area contributed by atoms with E-state index in [1.807, 2.05) is 13.8 Å². The molecular weight excluding hydrogens is 296 g/mol. The van der Waals surface area contributed by atoms with Gasteiger partial charge in [0.05, 0.1) is 16.7 Å². The maximum atomic E-state index is 12.5. The minimum Gasteiger partial charge on any atom is -0.299 e. The number of aromatic nitrogens is 2. The zero-order valence-electron chi connectivity index (χ0n) is 11.5. The molecule has 0 saturated carbocycles. The summed E-state index contributed by atoms with van der Waals surface area (Å²) in [5.74, 6) is 0.344. The first-order chi connectivity index (χ1) is 9.40. The second-order valence-electron chi connectivity index (χ2n) is 4.82. The molecule has 106 valence electrons. The van der Waals surface area contributed by atoms with Crippen LogP contribution in [-0.2, 0) is 4.79 Å². The lowest BCUT2D eigenvalue weighted by molar-refractivity contribution is -0.114. The van der Waals surface area contributed by atoms with E-state index >= 15 is 0 Å². The highest BCUT2D eigenvalue weighted by Crippen LogP contribution is 2.22. The van der Waals surface area contributed by atoms with Crippen LogP contribution in [0.2, 0.25) is 5.02 Å². The highest BCUT2D eigenvalue weighted by atomic mass is 35.5. The molecule has 2 aromatic rings. The average Bonchev–Trinajstić information content (AvgIpc) is 2.35. The van der Waals surface area contributed by atoms with Gasteiger partial charge in [0.1, 0.15) is 5.78 Å². The molecule has 0 radical (unpaired) electrons. The van der Waals surface area contributed by atoms with Gasteiger partial charge in [0.25, 0.3) is 5.56 Å². The SMILES string of the molecule is CC(=O)CSc1nc2cc(Cl)ccc2c(=O)n1C(C)C. The van der Waals surface area contributed by atoms with Gasteiger partial charge in [0, 0.05) is 11.1 Å². The van der Waals surface area contributed by atoms with Crippen LogP contribution in [0.15, 0.2) is 28.2 Å². The number of fused-ring (bicyclic) bond motifs is 1. The van der Waals surface area contributed by atoms with Gasteiger partial charge in [-0.05, 0) is 39.0 Å². The van der Waals surface area contributed by atoms with Crippen LogP contribution in [0.1, 0.15) is 26.8 Å². The van der Waals surface area contributed by atoms with Crippen LogP contribution >= 0.6 is 23.4 Å². The number of benzene rings is 1. The third-order valence-electron chi connectivity index (χ3n) is 2.75. The molecule has 1 heterocycles. The van der Waals surface area contributed by atoms with Crippen LogP contribution in [0.3, 0.4) is 0 Å². The topological polar surface area (TPSA) is 52.0 Å². The second-order valence-corrected chi connectivity index (χ2v) is 6.19. The van der Waals surface area contributed by atoms with Crippen LogP contribution in [0.25, 0.3) is 10.9 Å². The molecule has 2 rings (SSSR count). The molecule has 20 heavy (non-hydrogen) atoms. The Hall–Kier alpha value is -1.33. The summed E-state index contributed by atoms with van der Waals surface area (Å²) in [5.41, 5.74) is 0.457. The van der Waals surface area contributed by atoms with E-state index in [2.05, 4.69) is 4.98 Å². The number of carbonyl (C=O) groups is 1. The summed E-state index contributed by atoms with van der Waals surface area (Å²) in [6, 6.07) is 5.01. The Morgan fingerprint density at radius 3 is 2.75 bits per heavy atom. The Morgan fingerprint density at radius 2 is 2.15 bits per heavy atom. The van der Waals surface area contributed by atoms with Gasteiger partial charge in [-0.3, -0.25) is 14.2 Å². The Kier molecular flexibility index (Phi) is 4.50. The summed E-state index contributed by atoms with van der Waals surface area (Å²) in [7, 11) is 0. The molecule has 6 heteroatoms. The van der Waals surface area contributed by atoms with Crippen LogP contribution in [0, 0.1) is 0 Å². The van der Waals surface area contributed by atoms with Gasteiger partial charge in [-0.25, -0.2) is 4.98 Å². The van der Waals surface area contributed by atoms with Crippen molar-refractivity contribution in [1.29, 1.82) is 0 Å². The van der Waals surface area contributed by atoms with Crippen LogP contribution in [0.4, 0.5) is 0 Å². The van der Waals surface area contributed by atoms with Gasteiger partial charge in [-0.15, -0.1) is 0 Å². The maximum absolute atomic E-state index is 12.5. The van der Waals surface area contributed by atoms with Crippen molar-refractivity contribution >= 4 is 40.0 Å². The fourth-order valence-corrected chi connectivity index (χ4v) is 2.97. The largest absolute Gasteiger partial charge is 0.299 e. The lowest BCUT2D eigenvalue weighted by Gasteiger charge is -2.15. The number of thioether (sulfide) groups is 1. The monoisotopic (exact) mass is 310 g/mol. The van der Waals surface area contributed by atoms with Crippen molar-refractivity contribution in [3.63, 3.8) is 0 Å². The predicted molar refractivity (Wildman–Crippen MR) is 82.8 cm³/mol. The Labute approximate surface area is 126 Å². The van der Waals surface area contributed by atoms with Gasteiger partial charge in [-0.1, -0.05) is 23.4 Å². The molecule has 0 saturated heterocycles. The van der Waals surface area contributed by atoms with Crippen molar-refractivity contribution in [2.24, 2.45) is 0 Å². The van der Waals surface area contributed by atoms with Crippen molar-refractivity contribution in [3.8, 4) is 0 Å². The molecule has 0 aliphatic rings. The third kappa shape index (κ3) is 3.04. The van der Waals surface area contributed by atoms with Crippen molar-refractivity contribution in [2.45, 2.75) is 32.0 Å². The molecule has 0 atom stereocenters. The summed E-state index contributed by atoms with van der Waals surface area (Å²) < 4.78 is 1.61. The van der Waals surface area contributed by atoms with E-state index in [-0.39, 0.29) is 17.4 Å². The smallest absolute Gasteiger partial charge is 0.262 e. The average molecular weight is 311 g/mol. The molecule has 0 bridgehead atoms. The van der Waals surface area contributed by atoms with Gasteiger partial charge >= 0.3 is 0 Å². The quantitative estimate of drug-likeness (QED) is 0.642. The molecule has 4 nitrogen and oxygen atoms in total. The van der Waals surface area contributed by atoms with Gasteiger partial charge in [-0.2, -0.15) is 0 Å². The van der Waals surface area contributed by atoms with Gasteiger partial charge < -0.3 is 0 Å². The Bertz CT molecular complexity index is 725. The van der Waals surface area contributed by atoms with Crippen molar-refractivity contribution in [3.05, 3.63) is 33.6 Å². The van der Waals surface area contributed by atoms with Crippen LogP contribution in [0.5, 0.6) is 0 Å². The first-order valence-corrected chi connectivity index (χ1v) is 7.60. The number of hydrogen-bond acceptors (Lipinski definition) is 4. The first-order valence-electron chi connectivity index (χ1n) is 6.24. The number of Topliss-reactive ketones (excluding diaryl/α,β-unsaturated/α-hetero) is 1. The van der Waals surface area contributed by atoms with Crippen LogP contribution in [-0.4, -0.2) is 21.1 Å². The summed E-state index contributed by atoms with van der Waals surface area (Å²) >= 11 is 7.22. The van der Waals surface area contributed by atoms with Crippen molar-refractivity contribution in [2.75, 3.05) is 5.75 Å². The van der Waals surface area contributed by atoms with E-state index < -0.39 is 0 Å². The summed E-state index contributed by atoms with van der Waals surface area (Å²) in [6.45, 7) is 5.36. The molecular formula is C14H15ClN2O2S. The highest BCUT2D eigenvalue weighted by Gasteiger charge is 2.14. The molecule has 0 aliphatic carbocycles. The minimum absolute atomic E-state index is 0.0236. The summed E-state index contributed by atoms with van der Waals surface area (Å²) in [5, 5.41) is 1.62. The third-order valence-corrected chi connectivity index (χ3v) is 4.08. The molecule has 1 aromatic heterocycles. The van der Waals surface area contributed by atoms with E-state index in [1.54, 1.807) is 22.8 Å². The molecule has 0 spiro atoms. The molecule has 0 amide bonds. The summed E-state index contributed by atoms with van der Waals surface area (Å²) in [4.78, 5) is 28.2. The molecule has 0 unspecified atom stereocenters. The van der Waals surface area contributed by atoms with E-state index in [1.165, 1.54) is 18.7 Å². The molecule has 0 fully saturated rings. The lowest BCUT2D eigenvalue weighted by atomic mass is 10.2. The van der Waals surface area contributed by atoms with E-state index in [0.29, 0.717) is 26.8 Å². The fraction of sp³-hybridized carbons (Fsp3) is 0.357. The normalized spacial score (nSPS) is 11.2. The number of nitrogens with zero attached hydrogens (tertiary/aromatic N) is 2. The zero-order valence-corrected chi connectivity index (χ0v) is 13.1. The minimum atomic E-state index is -0.104. The Morgan fingerprint density at radius 1 is 1.45 bits per heavy atom. The number of rotatable bonds is 4. The Balaban J connectivity index is 2.67. The maximum Gasteiger partial charge on any atom is 0.262 e.